The molecule has 1 aliphatic rings. The molecule has 2 nitrogen and oxygen atoms in total. The van der Waals surface area contributed by atoms with Crippen molar-refractivity contribution < 1.29 is 9.53 Å². The van der Waals surface area contributed by atoms with Gasteiger partial charge in [-0.2, -0.15) is 0 Å². The zero-order valence-corrected chi connectivity index (χ0v) is 17.3. The number of ether oxygens (including phenoxy) is 1. The van der Waals surface area contributed by atoms with Crippen molar-refractivity contribution >= 4 is 51.2 Å². The number of halogens is 2. The first kappa shape index (κ1) is 18.4. The van der Waals surface area contributed by atoms with Gasteiger partial charge in [0.2, 0.25) is 5.78 Å². The first-order valence-corrected chi connectivity index (χ1v) is 10.3. The average Bonchev–Trinajstić information content (AvgIpc) is 2.98. The van der Waals surface area contributed by atoms with Crippen LogP contribution in [-0.2, 0) is 6.61 Å². The van der Waals surface area contributed by atoms with Gasteiger partial charge in [-0.05, 0) is 69.5 Å². The molecule has 27 heavy (non-hydrogen) atoms. The number of hydrogen-bond donors (Lipinski definition) is 0. The Balaban J connectivity index is 1.49. The zero-order chi connectivity index (χ0) is 18.8. The van der Waals surface area contributed by atoms with Crippen LogP contribution in [-0.4, -0.2) is 5.78 Å². The van der Waals surface area contributed by atoms with Gasteiger partial charge < -0.3 is 4.74 Å². The van der Waals surface area contributed by atoms with Crippen LogP contribution in [0, 0.1) is 0 Å². The summed E-state index contributed by atoms with van der Waals surface area (Å²) in [7, 11) is 0. The summed E-state index contributed by atoms with van der Waals surface area (Å²) in [5.41, 5.74) is 2.77. The van der Waals surface area contributed by atoms with Gasteiger partial charge in [0.1, 0.15) is 12.4 Å². The third kappa shape index (κ3) is 4.13. The van der Waals surface area contributed by atoms with Crippen LogP contribution in [0.4, 0.5) is 0 Å². The minimum absolute atomic E-state index is 0.0785. The van der Waals surface area contributed by atoms with Crippen molar-refractivity contribution in [3.63, 3.8) is 0 Å². The number of carbonyl (C=O) groups excluding carboxylic acids is 1. The highest BCUT2D eigenvalue weighted by Gasteiger charge is 2.25. The molecule has 0 fully saturated rings. The predicted molar refractivity (Wildman–Crippen MR) is 115 cm³/mol. The number of ketones is 1. The maximum atomic E-state index is 12.5. The topological polar surface area (TPSA) is 26.3 Å². The van der Waals surface area contributed by atoms with E-state index in [1.807, 2.05) is 72.8 Å². The lowest BCUT2D eigenvalue weighted by Gasteiger charge is -2.09. The van der Waals surface area contributed by atoms with Crippen molar-refractivity contribution in [2.75, 3.05) is 0 Å². The average molecular weight is 458 g/mol. The first-order valence-electron chi connectivity index (χ1n) is 8.30. The number of Topliss-reactive ketones (excluding diaryl/α,β-unsaturated/α-hetero) is 1. The molecule has 3 aromatic rings. The quantitative estimate of drug-likeness (QED) is 0.394. The molecule has 134 valence electrons. The number of rotatable bonds is 4. The minimum Gasteiger partial charge on any atom is -0.488 e. The van der Waals surface area contributed by atoms with E-state index in [1.165, 1.54) is 11.8 Å². The van der Waals surface area contributed by atoms with Gasteiger partial charge in [-0.25, -0.2) is 0 Å². The van der Waals surface area contributed by atoms with Crippen molar-refractivity contribution in [1.82, 2.24) is 0 Å². The fourth-order valence-corrected chi connectivity index (χ4v) is 4.44. The lowest BCUT2D eigenvalue weighted by atomic mass is 10.1. The summed E-state index contributed by atoms with van der Waals surface area (Å²) < 4.78 is 6.72. The standard InChI is InChI=1S/C22H14BrClO2S/c23-18-11-15(12-21-22(25)17-3-1-2-4-20(17)27-21)7-10-19(18)26-13-14-5-8-16(24)9-6-14/h1-12H,13H2. The van der Waals surface area contributed by atoms with Gasteiger partial charge in [-0.15, -0.1) is 0 Å². The van der Waals surface area contributed by atoms with Gasteiger partial charge in [-0.3, -0.25) is 4.79 Å². The van der Waals surface area contributed by atoms with Crippen LogP contribution < -0.4 is 4.74 Å². The zero-order valence-electron chi connectivity index (χ0n) is 14.1. The van der Waals surface area contributed by atoms with Gasteiger partial charge in [0, 0.05) is 15.5 Å². The molecule has 0 saturated carbocycles. The van der Waals surface area contributed by atoms with Crippen LogP contribution >= 0.6 is 39.3 Å². The van der Waals surface area contributed by atoms with E-state index >= 15 is 0 Å². The number of fused-ring (bicyclic) bond motifs is 1. The normalized spacial score (nSPS) is 14.4. The molecule has 4 rings (SSSR count). The van der Waals surface area contributed by atoms with Gasteiger partial charge in [0.05, 0.1) is 9.38 Å². The van der Waals surface area contributed by atoms with E-state index in [0.29, 0.717) is 11.6 Å². The molecule has 0 amide bonds. The van der Waals surface area contributed by atoms with E-state index < -0.39 is 0 Å². The monoisotopic (exact) mass is 456 g/mol. The van der Waals surface area contributed by atoms with Crippen LogP contribution in [0.3, 0.4) is 0 Å². The largest absolute Gasteiger partial charge is 0.488 e. The summed E-state index contributed by atoms with van der Waals surface area (Å²) in [6.45, 7) is 0.458. The smallest absolute Gasteiger partial charge is 0.200 e. The highest BCUT2D eigenvalue weighted by Crippen LogP contribution is 2.41. The van der Waals surface area contributed by atoms with Gasteiger partial charge >= 0.3 is 0 Å². The van der Waals surface area contributed by atoms with E-state index in [4.69, 9.17) is 16.3 Å². The molecular formula is C22H14BrClO2S. The summed E-state index contributed by atoms with van der Waals surface area (Å²) in [5.74, 6) is 0.829. The molecule has 1 aliphatic heterocycles. The Bertz CT molecular complexity index is 1040. The molecule has 0 radical (unpaired) electrons. The Morgan fingerprint density at radius 3 is 2.56 bits per heavy atom. The second-order valence-electron chi connectivity index (χ2n) is 6.04. The summed E-state index contributed by atoms with van der Waals surface area (Å²) in [5, 5.41) is 0.707. The maximum Gasteiger partial charge on any atom is 0.200 e. The third-order valence-corrected chi connectivity index (χ3v) is 6.11. The second-order valence-corrected chi connectivity index (χ2v) is 8.42. The Labute approximate surface area is 175 Å². The summed E-state index contributed by atoms with van der Waals surface area (Å²) in [4.78, 5) is 14.2. The number of carbonyl (C=O) groups is 1. The molecule has 0 bridgehead atoms. The Morgan fingerprint density at radius 2 is 1.81 bits per heavy atom. The van der Waals surface area contributed by atoms with Crippen LogP contribution in [0.15, 0.2) is 81.0 Å². The first-order chi connectivity index (χ1) is 13.1. The fraction of sp³-hybridized carbons (Fsp3) is 0.0455. The van der Waals surface area contributed by atoms with Crippen molar-refractivity contribution in [1.29, 1.82) is 0 Å². The van der Waals surface area contributed by atoms with Crippen molar-refractivity contribution in [2.45, 2.75) is 11.5 Å². The van der Waals surface area contributed by atoms with Gasteiger partial charge in [-0.1, -0.05) is 53.7 Å². The van der Waals surface area contributed by atoms with E-state index in [0.717, 1.165) is 36.7 Å². The van der Waals surface area contributed by atoms with E-state index in [2.05, 4.69) is 15.9 Å². The molecule has 1 heterocycles. The molecule has 0 atom stereocenters. The SMILES string of the molecule is O=C1C(=Cc2ccc(OCc3ccc(Cl)cc3)c(Br)c2)Sc2ccccc21. The molecule has 0 spiro atoms. The molecule has 5 heteroatoms. The van der Waals surface area contributed by atoms with Crippen molar-refractivity contribution in [3.05, 3.63) is 97.8 Å². The van der Waals surface area contributed by atoms with E-state index in [-0.39, 0.29) is 5.78 Å². The van der Waals surface area contributed by atoms with Crippen molar-refractivity contribution in [3.8, 4) is 5.75 Å². The van der Waals surface area contributed by atoms with Crippen LogP contribution in [0.5, 0.6) is 5.75 Å². The molecule has 0 aliphatic carbocycles. The van der Waals surface area contributed by atoms with Crippen LogP contribution in [0.1, 0.15) is 21.5 Å². The number of benzene rings is 3. The molecule has 0 unspecified atom stereocenters. The molecule has 0 N–H and O–H groups in total. The lowest BCUT2D eigenvalue weighted by molar-refractivity contribution is 0.104. The van der Waals surface area contributed by atoms with Crippen LogP contribution in [0.25, 0.3) is 6.08 Å². The number of allylic oxidation sites excluding steroid dienone is 1. The minimum atomic E-state index is 0.0785. The molecule has 0 saturated heterocycles. The number of hydrogen-bond acceptors (Lipinski definition) is 3. The highest BCUT2D eigenvalue weighted by atomic mass is 79.9. The fourth-order valence-electron chi connectivity index (χ4n) is 2.75. The molecular weight excluding hydrogens is 444 g/mol. The van der Waals surface area contributed by atoms with Crippen LogP contribution in [0.2, 0.25) is 5.02 Å². The molecule has 3 aromatic carbocycles. The second kappa shape index (κ2) is 7.93. The van der Waals surface area contributed by atoms with E-state index in [1.54, 1.807) is 0 Å². The number of thioether (sulfide) groups is 1. The van der Waals surface area contributed by atoms with Crippen molar-refractivity contribution in [2.24, 2.45) is 0 Å². The predicted octanol–water partition coefficient (Wildman–Crippen LogP) is 7.01. The Morgan fingerprint density at radius 1 is 1.04 bits per heavy atom. The van der Waals surface area contributed by atoms with Gasteiger partial charge in [0.25, 0.3) is 0 Å². The highest BCUT2D eigenvalue weighted by molar-refractivity contribution is 9.10. The van der Waals surface area contributed by atoms with Gasteiger partial charge in [0.15, 0.2) is 0 Å². The summed E-state index contributed by atoms with van der Waals surface area (Å²) in [6, 6.07) is 21.1. The lowest BCUT2D eigenvalue weighted by Crippen LogP contribution is -1.96. The summed E-state index contributed by atoms with van der Waals surface area (Å²) >= 11 is 11.0. The Hall–Kier alpha value is -2.01. The third-order valence-electron chi connectivity index (χ3n) is 4.14. The maximum absolute atomic E-state index is 12.5. The summed E-state index contributed by atoms with van der Waals surface area (Å²) in [6.07, 6.45) is 1.92. The van der Waals surface area contributed by atoms with E-state index in [9.17, 15) is 4.79 Å². The Kier molecular flexibility index (Phi) is 5.39. The molecule has 0 aromatic heterocycles.